The van der Waals surface area contributed by atoms with Gasteiger partial charge in [0.1, 0.15) is 17.8 Å². The number of ether oxygens (including phenoxy) is 1. The number of hydrogen-bond donors (Lipinski definition) is 2. The SMILES string of the molecule is CC1=C(C(=O)O)N2C(=O)[C@H]3NCOC1[C@@H]32. The quantitative estimate of drug-likeness (QED) is 0.536. The van der Waals surface area contributed by atoms with Crippen LogP contribution in [0.2, 0.25) is 0 Å². The Bertz CT molecular complexity index is 403. The average Bonchev–Trinajstić information content (AvgIpc) is 2.51. The van der Waals surface area contributed by atoms with E-state index in [4.69, 9.17) is 9.84 Å². The van der Waals surface area contributed by atoms with Crippen LogP contribution in [0.4, 0.5) is 0 Å². The van der Waals surface area contributed by atoms with Crippen LogP contribution in [0.3, 0.4) is 0 Å². The second-order valence-corrected chi connectivity index (χ2v) is 3.95. The van der Waals surface area contributed by atoms with E-state index in [9.17, 15) is 9.59 Å². The van der Waals surface area contributed by atoms with Gasteiger partial charge in [-0.25, -0.2) is 4.79 Å². The lowest BCUT2D eigenvalue weighted by Crippen LogP contribution is -2.73. The molecule has 3 atom stereocenters. The third kappa shape index (κ3) is 0.859. The van der Waals surface area contributed by atoms with Gasteiger partial charge < -0.3 is 9.84 Å². The van der Waals surface area contributed by atoms with Crippen molar-refractivity contribution in [1.82, 2.24) is 10.2 Å². The molecule has 15 heavy (non-hydrogen) atoms. The van der Waals surface area contributed by atoms with Crippen molar-refractivity contribution in [3.63, 3.8) is 0 Å². The van der Waals surface area contributed by atoms with Crippen molar-refractivity contribution in [3.05, 3.63) is 11.3 Å². The maximum absolute atomic E-state index is 11.6. The number of nitrogens with one attached hydrogen (secondary N) is 1. The summed E-state index contributed by atoms with van der Waals surface area (Å²) in [6.45, 7) is 2.01. The van der Waals surface area contributed by atoms with E-state index in [1.165, 1.54) is 4.90 Å². The van der Waals surface area contributed by atoms with Crippen LogP contribution in [0.1, 0.15) is 6.92 Å². The molecule has 3 aliphatic heterocycles. The smallest absolute Gasteiger partial charge is 0.352 e. The lowest BCUT2D eigenvalue weighted by atomic mass is 9.91. The number of amides is 1. The Morgan fingerprint density at radius 1 is 1.67 bits per heavy atom. The molecule has 0 spiro atoms. The van der Waals surface area contributed by atoms with Gasteiger partial charge in [-0.05, 0) is 12.5 Å². The fraction of sp³-hybridized carbons (Fsp3) is 0.556. The van der Waals surface area contributed by atoms with E-state index in [0.29, 0.717) is 12.3 Å². The van der Waals surface area contributed by atoms with Crippen LogP contribution in [0.15, 0.2) is 11.3 Å². The molecule has 1 unspecified atom stereocenters. The van der Waals surface area contributed by atoms with Crippen LogP contribution in [0.5, 0.6) is 0 Å². The van der Waals surface area contributed by atoms with Crippen molar-refractivity contribution < 1.29 is 19.4 Å². The number of carbonyl (C=O) groups excluding carboxylic acids is 1. The van der Waals surface area contributed by atoms with Gasteiger partial charge in [0.25, 0.3) is 0 Å². The first-order valence-corrected chi connectivity index (χ1v) is 4.75. The molecule has 6 nitrogen and oxygen atoms in total. The van der Waals surface area contributed by atoms with E-state index in [1.54, 1.807) is 6.92 Å². The molecule has 0 aromatic carbocycles. The maximum atomic E-state index is 11.6. The Labute approximate surface area is 85.5 Å². The molecule has 3 aliphatic rings. The number of nitrogens with zero attached hydrogens (tertiary/aromatic N) is 1. The molecule has 0 aliphatic carbocycles. The molecule has 1 amide bonds. The molecule has 2 saturated heterocycles. The molecule has 0 aromatic heterocycles. The summed E-state index contributed by atoms with van der Waals surface area (Å²) < 4.78 is 5.42. The van der Waals surface area contributed by atoms with Crippen molar-refractivity contribution in [3.8, 4) is 0 Å². The predicted octanol–water partition coefficient (Wildman–Crippen LogP) is -1.12. The van der Waals surface area contributed by atoms with E-state index >= 15 is 0 Å². The van der Waals surface area contributed by atoms with Gasteiger partial charge >= 0.3 is 5.97 Å². The van der Waals surface area contributed by atoms with Gasteiger partial charge in [-0.2, -0.15) is 0 Å². The number of aliphatic carboxylic acids is 1. The van der Waals surface area contributed by atoms with Crippen molar-refractivity contribution in [2.24, 2.45) is 0 Å². The van der Waals surface area contributed by atoms with Crippen molar-refractivity contribution >= 4 is 11.9 Å². The highest BCUT2D eigenvalue weighted by molar-refractivity contribution is 6.01. The molecule has 0 bridgehead atoms. The van der Waals surface area contributed by atoms with Gasteiger partial charge in [-0.15, -0.1) is 0 Å². The number of β-lactam (4-membered cyclic amide) rings is 1. The fourth-order valence-electron chi connectivity index (χ4n) is 2.59. The summed E-state index contributed by atoms with van der Waals surface area (Å²) in [5, 5.41) is 11.9. The Hall–Kier alpha value is -1.40. The number of carboxylic acids is 1. The van der Waals surface area contributed by atoms with Crippen molar-refractivity contribution in [2.75, 3.05) is 6.73 Å². The lowest BCUT2D eigenvalue weighted by molar-refractivity contribution is -0.163. The second kappa shape index (κ2) is 2.59. The van der Waals surface area contributed by atoms with Gasteiger partial charge in [-0.1, -0.05) is 0 Å². The summed E-state index contributed by atoms with van der Waals surface area (Å²) >= 11 is 0. The Morgan fingerprint density at radius 3 is 3.07 bits per heavy atom. The maximum Gasteiger partial charge on any atom is 0.352 e. The van der Waals surface area contributed by atoms with E-state index in [-0.39, 0.29) is 29.8 Å². The summed E-state index contributed by atoms with van der Waals surface area (Å²) in [5.41, 5.74) is 0.736. The average molecular weight is 210 g/mol. The predicted molar refractivity (Wildman–Crippen MR) is 47.6 cm³/mol. The molecule has 80 valence electrons. The van der Waals surface area contributed by atoms with Crippen molar-refractivity contribution in [2.45, 2.75) is 25.1 Å². The molecule has 0 saturated carbocycles. The zero-order chi connectivity index (χ0) is 10.7. The van der Waals surface area contributed by atoms with Crippen LogP contribution in [0.25, 0.3) is 0 Å². The van der Waals surface area contributed by atoms with Crippen LogP contribution in [-0.4, -0.2) is 46.8 Å². The Kier molecular flexibility index (Phi) is 1.53. The monoisotopic (exact) mass is 210 g/mol. The minimum atomic E-state index is -1.06. The van der Waals surface area contributed by atoms with Crippen LogP contribution in [0, 0.1) is 0 Å². The summed E-state index contributed by atoms with van der Waals surface area (Å²) in [6.07, 6.45) is -0.250. The molecule has 2 fully saturated rings. The molecule has 0 radical (unpaired) electrons. The fourth-order valence-corrected chi connectivity index (χ4v) is 2.59. The first kappa shape index (κ1) is 8.87. The number of carboxylic acid groups (broad SMARTS) is 1. The van der Waals surface area contributed by atoms with Crippen LogP contribution >= 0.6 is 0 Å². The van der Waals surface area contributed by atoms with Gasteiger partial charge in [0.15, 0.2) is 0 Å². The molecule has 3 rings (SSSR count). The topological polar surface area (TPSA) is 78.9 Å². The summed E-state index contributed by atoms with van der Waals surface area (Å²) in [6, 6.07) is -0.423. The van der Waals surface area contributed by atoms with E-state index in [1.807, 2.05) is 0 Å². The van der Waals surface area contributed by atoms with E-state index in [2.05, 4.69) is 5.32 Å². The number of rotatable bonds is 1. The molecule has 6 heteroatoms. The summed E-state index contributed by atoms with van der Waals surface area (Å²) in [5.74, 6) is -1.22. The van der Waals surface area contributed by atoms with Gasteiger partial charge in [0.05, 0.1) is 12.8 Å². The largest absolute Gasteiger partial charge is 0.477 e. The third-order valence-electron chi connectivity index (χ3n) is 3.26. The van der Waals surface area contributed by atoms with Crippen molar-refractivity contribution in [1.29, 1.82) is 0 Å². The second-order valence-electron chi connectivity index (χ2n) is 3.95. The standard InChI is InChI=1S/C9H10N2O4/c1-3-5(9(13)14)11-6-4(8(11)12)10-2-15-7(3)6/h4,6-7,10H,2H2,1H3,(H,13,14)/t4-,6+,7?/m0/s1. The van der Waals surface area contributed by atoms with Gasteiger partial charge in [0.2, 0.25) is 5.91 Å². The summed E-state index contributed by atoms with van der Waals surface area (Å²) in [7, 11) is 0. The van der Waals surface area contributed by atoms with Crippen LogP contribution in [-0.2, 0) is 14.3 Å². The Balaban J connectivity index is 2.06. The molecular formula is C9H10N2O4. The highest BCUT2D eigenvalue weighted by Crippen LogP contribution is 2.41. The number of carbonyl (C=O) groups is 2. The normalized spacial score (nSPS) is 37.8. The molecule has 0 aromatic rings. The molecule has 2 N–H and O–H groups in total. The number of hydrogen-bond acceptors (Lipinski definition) is 4. The highest BCUT2D eigenvalue weighted by atomic mass is 16.5. The van der Waals surface area contributed by atoms with Gasteiger partial charge in [-0.3, -0.25) is 15.0 Å². The zero-order valence-electron chi connectivity index (χ0n) is 8.06. The third-order valence-corrected chi connectivity index (χ3v) is 3.26. The minimum absolute atomic E-state index is 0.0925. The van der Waals surface area contributed by atoms with Gasteiger partial charge in [0, 0.05) is 0 Å². The first-order valence-electron chi connectivity index (χ1n) is 4.75. The minimum Gasteiger partial charge on any atom is -0.477 e. The van der Waals surface area contributed by atoms with E-state index in [0.717, 1.165) is 0 Å². The zero-order valence-corrected chi connectivity index (χ0v) is 8.06. The molecular weight excluding hydrogens is 200 g/mol. The Morgan fingerprint density at radius 2 is 2.40 bits per heavy atom. The summed E-state index contributed by atoms with van der Waals surface area (Å²) in [4.78, 5) is 24.0. The molecule has 3 heterocycles. The first-order chi connectivity index (χ1) is 7.13. The highest BCUT2D eigenvalue weighted by Gasteiger charge is 2.61. The lowest BCUT2D eigenvalue weighted by Gasteiger charge is -2.48. The van der Waals surface area contributed by atoms with Crippen LogP contribution < -0.4 is 5.32 Å². The van der Waals surface area contributed by atoms with E-state index < -0.39 is 5.97 Å².